The Bertz CT molecular complexity index is 817. The van der Waals surface area contributed by atoms with Crippen LogP contribution in [0.25, 0.3) is 0 Å². The lowest BCUT2D eigenvalue weighted by Crippen LogP contribution is -2.50. The van der Waals surface area contributed by atoms with Crippen molar-refractivity contribution in [2.75, 3.05) is 0 Å². The van der Waals surface area contributed by atoms with Crippen LogP contribution >= 0.6 is 11.3 Å². The van der Waals surface area contributed by atoms with Gasteiger partial charge in [-0.25, -0.2) is 4.79 Å². The monoisotopic (exact) mass is 403 g/mol. The summed E-state index contributed by atoms with van der Waals surface area (Å²) in [6.07, 6.45) is 7.30. The molecule has 7 heteroatoms. The van der Waals surface area contributed by atoms with Crippen LogP contribution in [0, 0.1) is 11.3 Å². The first-order valence-corrected chi connectivity index (χ1v) is 11.1. The Morgan fingerprint density at radius 3 is 2.64 bits per heavy atom. The summed E-state index contributed by atoms with van der Waals surface area (Å²) >= 11 is 1.49. The molecule has 2 heterocycles. The molecule has 1 saturated carbocycles. The summed E-state index contributed by atoms with van der Waals surface area (Å²) in [6.45, 7) is 6.80. The number of hydrogen-bond donors (Lipinski definition) is 2. The van der Waals surface area contributed by atoms with Gasteiger partial charge in [-0.05, 0) is 55.1 Å². The molecule has 1 aromatic rings. The summed E-state index contributed by atoms with van der Waals surface area (Å²) in [7, 11) is 0. The maximum Gasteiger partial charge on any atom is 0.344 e. The highest BCUT2D eigenvalue weighted by molar-refractivity contribution is 7.14. The molecule has 0 aromatic carbocycles. The normalized spacial score (nSPS) is 24.2. The maximum absolute atomic E-state index is 12.8. The van der Waals surface area contributed by atoms with Gasteiger partial charge in [0.25, 0.3) is 11.8 Å². The van der Waals surface area contributed by atoms with Gasteiger partial charge in [-0.2, -0.15) is 5.01 Å². The highest BCUT2D eigenvalue weighted by atomic mass is 32.1. The van der Waals surface area contributed by atoms with E-state index in [-0.39, 0.29) is 17.2 Å². The van der Waals surface area contributed by atoms with Crippen molar-refractivity contribution in [3.8, 4) is 0 Å². The van der Waals surface area contributed by atoms with Crippen LogP contribution in [0.2, 0.25) is 0 Å². The Hall–Kier alpha value is -1.89. The number of nitrogens with zero attached hydrogens (tertiary/aromatic N) is 1. The third-order valence-corrected chi connectivity index (χ3v) is 7.85. The van der Waals surface area contributed by atoms with Gasteiger partial charge in [-0.15, -0.1) is 11.3 Å². The minimum atomic E-state index is -0.822. The van der Waals surface area contributed by atoms with E-state index in [4.69, 9.17) is 0 Å². The first-order chi connectivity index (χ1) is 13.2. The van der Waals surface area contributed by atoms with Gasteiger partial charge >= 0.3 is 6.03 Å². The SMILES string of the molecule is CC(C)(C)[C@H]1CCc2sc(C(=O)NN3C(=O)NC4(CCCCC4)C3=O)cc2C1. The Morgan fingerprint density at radius 1 is 1.25 bits per heavy atom. The molecule has 0 radical (unpaired) electrons. The molecule has 1 spiro atoms. The molecule has 28 heavy (non-hydrogen) atoms. The Labute approximate surface area is 170 Å². The number of amides is 4. The van der Waals surface area contributed by atoms with Gasteiger partial charge in [0.2, 0.25) is 0 Å². The van der Waals surface area contributed by atoms with Gasteiger partial charge in [0.05, 0.1) is 4.88 Å². The first kappa shape index (κ1) is 19.4. The van der Waals surface area contributed by atoms with Gasteiger partial charge in [0, 0.05) is 4.88 Å². The fourth-order valence-corrected chi connectivity index (χ4v) is 5.85. The second-order valence-electron chi connectivity index (χ2n) is 9.52. The van der Waals surface area contributed by atoms with Crippen molar-refractivity contribution in [2.24, 2.45) is 11.3 Å². The van der Waals surface area contributed by atoms with Crippen molar-refractivity contribution < 1.29 is 14.4 Å². The molecule has 1 aromatic heterocycles. The molecule has 2 fully saturated rings. The fourth-order valence-electron chi connectivity index (χ4n) is 4.75. The van der Waals surface area contributed by atoms with E-state index in [1.807, 2.05) is 6.07 Å². The third kappa shape index (κ3) is 3.34. The van der Waals surface area contributed by atoms with E-state index in [1.54, 1.807) is 0 Å². The number of carbonyl (C=O) groups is 3. The second kappa shape index (κ2) is 6.87. The van der Waals surface area contributed by atoms with Crippen molar-refractivity contribution in [3.05, 3.63) is 21.4 Å². The second-order valence-corrected chi connectivity index (χ2v) is 10.7. The van der Waals surface area contributed by atoms with Crippen LogP contribution in [0.3, 0.4) is 0 Å². The molecule has 2 aliphatic carbocycles. The van der Waals surface area contributed by atoms with Crippen molar-refractivity contribution in [1.29, 1.82) is 0 Å². The number of carbonyl (C=O) groups excluding carboxylic acids is 3. The summed E-state index contributed by atoms with van der Waals surface area (Å²) in [5.74, 6) is -0.0923. The van der Waals surface area contributed by atoms with E-state index in [9.17, 15) is 14.4 Å². The summed E-state index contributed by atoms with van der Waals surface area (Å²) in [5, 5.41) is 3.72. The number of rotatable bonds is 2. The van der Waals surface area contributed by atoms with Crippen molar-refractivity contribution in [3.63, 3.8) is 0 Å². The van der Waals surface area contributed by atoms with E-state index < -0.39 is 11.6 Å². The lowest BCUT2D eigenvalue weighted by molar-refractivity contribution is -0.134. The number of nitrogens with one attached hydrogen (secondary N) is 2. The molecule has 4 rings (SSSR count). The molecular formula is C21H29N3O3S. The van der Waals surface area contributed by atoms with E-state index >= 15 is 0 Å². The standard InChI is InChI=1S/C21H29N3O3S/c1-20(2,3)14-7-8-15-13(11-14)12-16(28-15)17(25)23-24-18(26)21(22-19(24)27)9-5-4-6-10-21/h12,14H,4-11H2,1-3H3,(H,22,27)(H,23,25)/t14-/m0/s1. The molecule has 2 N–H and O–H groups in total. The largest absolute Gasteiger partial charge is 0.344 e. The van der Waals surface area contributed by atoms with Crippen LogP contribution < -0.4 is 10.7 Å². The minimum absolute atomic E-state index is 0.246. The van der Waals surface area contributed by atoms with E-state index in [1.165, 1.54) is 21.8 Å². The molecule has 0 unspecified atom stereocenters. The highest BCUT2D eigenvalue weighted by Gasteiger charge is 2.52. The van der Waals surface area contributed by atoms with Crippen molar-refractivity contribution in [1.82, 2.24) is 15.8 Å². The van der Waals surface area contributed by atoms with Crippen LogP contribution in [0.5, 0.6) is 0 Å². The highest BCUT2D eigenvalue weighted by Crippen LogP contribution is 2.40. The predicted octanol–water partition coefficient (Wildman–Crippen LogP) is 3.80. The van der Waals surface area contributed by atoms with Gasteiger partial charge in [-0.3, -0.25) is 15.0 Å². The first-order valence-electron chi connectivity index (χ1n) is 10.3. The van der Waals surface area contributed by atoms with Crippen LogP contribution in [-0.2, 0) is 17.6 Å². The summed E-state index contributed by atoms with van der Waals surface area (Å²) < 4.78 is 0. The van der Waals surface area contributed by atoms with Crippen LogP contribution in [0.15, 0.2) is 6.07 Å². The number of hydrogen-bond acceptors (Lipinski definition) is 4. The quantitative estimate of drug-likeness (QED) is 0.737. The summed E-state index contributed by atoms with van der Waals surface area (Å²) in [6, 6.07) is 1.43. The van der Waals surface area contributed by atoms with Crippen molar-refractivity contribution in [2.45, 2.75) is 77.7 Å². The van der Waals surface area contributed by atoms with Gasteiger partial charge in [-0.1, -0.05) is 40.0 Å². The maximum atomic E-state index is 12.8. The summed E-state index contributed by atoms with van der Waals surface area (Å²) in [4.78, 5) is 39.8. The van der Waals surface area contributed by atoms with Crippen LogP contribution in [-0.4, -0.2) is 28.4 Å². The zero-order valence-corrected chi connectivity index (χ0v) is 17.7. The smallest absolute Gasteiger partial charge is 0.322 e. The Balaban J connectivity index is 1.47. The molecule has 152 valence electrons. The number of hydrazine groups is 1. The molecular weight excluding hydrogens is 374 g/mol. The Kier molecular flexibility index (Phi) is 4.76. The average molecular weight is 404 g/mol. The number of aryl methyl sites for hydroxylation is 1. The Morgan fingerprint density at radius 2 is 1.96 bits per heavy atom. The molecule has 3 aliphatic rings. The van der Waals surface area contributed by atoms with Gasteiger partial charge in [0.15, 0.2) is 0 Å². The minimum Gasteiger partial charge on any atom is -0.322 e. The van der Waals surface area contributed by atoms with Crippen molar-refractivity contribution >= 4 is 29.2 Å². The number of imide groups is 1. The van der Waals surface area contributed by atoms with E-state index in [0.717, 1.165) is 43.5 Å². The van der Waals surface area contributed by atoms with Crippen LogP contribution in [0.4, 0.5) is 4.79 Å². The number of urea groups is 1. The van der Waals surface area contributed by atoms with E-state index in [2.05, 4.69) is 31.5 Å². The summed E-state index contributed by atoms with van der Waals surface area (Å²) in [5.41, 5.74) is 3.22. The number of thiophene rings is 1. The molecule has 4 amide bonds. The average Bonchev–Trinajstić information content (AvgIpc) is 3.16. The topological polar surface area (TPSA) is 78.5 Å². The number of fused-ring (bicyclic) bond motifs is 1. The van der Waals surface area contributed by atoms with Crippen LogP contribution in [0.1, 0.15) is 79.4 Å². The predicted molar refractivity (Wildman–Crippen MR) is 108 cm³/mol. The molecule has 1 saturated heterocycles. The molecule has 0 bridgehead atoms. The molecule has 1 atom stereocenters. The third-order valence-electron chi connectivity index (χ3n) is 6.61. The van der Waals surface area contributed by atoms with Gasteiger partial charge < -0.3 is 5.32 Å². The molecule has 6 nitrogen and oxygen atoms in total. The zero-order valence-electron chi connectivity index (χ0n) is 16.9. The van der Waals surface area contributed by atoms with E-state index in [0.29, 0.717) is 23.6 Å². The zero-order chi connectivity index (χ0) is 20.1. The molecule has 1 aliphatic heterocycles. The van der Waals surface area contributed by atoms with Gasteiger partial charge in [0.1, 0.15) is 5.54 Å². The lowest BCUT2D eigenvalue weighted by Gasteiger charge is -2.33. The lowest BCUT2D eigenvalue weighted by atomic mass is 9.72. The fraction of sp³-hybridized carbons (Fsp3) is 0.667.